The topological polar surface area (TPSA) is 76.4 Å². The van der Waals surface area contributed by atoms with E-state index in [1.54, 1.807) is 42.5 Å². The lowest BCUT2D eigenvalue weighted by molar-refractivity contribution is 0.0997. The van der Waals surface area contributed by atoms with Crippen molar-refractivity contribution in [2.45, 2.75) is 4.90 Å². The highest BCUT2D eigenvalue weighted by Crippen LogP contribution is 2.25. The maximum Gasteiger partial charge on any atom is 0.240 e. The van der Waals surface area contributed by atoms with Gasteiger partial charge in [-0.1, -0.05) is 29.8 Å². The summed E-state index contributed by atoms with van der Waals surface area (Å²) in [5.74, 6) is 0.177. The smallest absolute Gasteiger partial charge is 0.240 e. The average molecular weight is 376 g/mol. The van der Waals surface area contributed by atoms with Crippen LogP contribution in [0.15, 0.2) is 76.2 Å². The minimum absolute atomic E-state index is 0.102. The molecule has 25 heavy (non-hydrogen) atoms. The third-order valence-electron chi connectivity index (χ3n) is 3.50. The van der Waals surface area contributed by atoms with Crippen LogP contribution in [0, 0.1) is 0 Å². The average Bonchev–Trinajstić information content (AvgIpc) is 3.15. The van der Waals surface area contributed by atoms with Gasteiger partial charge in [-0.25, -0.2) is 13.1 Å². The number of nitrogens with one attached hydrogen (secondary N) is 1. The van der Waals surface area contributed by atoms with Crippen molar-refractivity contribution < 1.29 is 17.6 Å². The molecule has 0 fully saturated rings. The van der Waals surface area contributed by atoms with Gasteiger partial charge in [0, 0.05) is 16.1 Å². The highest BCUT2D eigenvalue weighted by atomic mass is 35.5. The summed E-state index contributed by atoms with van der Waals surface area (Å²) in [5.41, 5.74) is 0.946. The summed E-state index contributed by atoms with van der Waals surface area (Å²) in [7, 11) is -3.75. The third kappa shape index (κ3) is 4.17. The molecule has 0 aliphatic rings. The van der Waals surface area contributed by atoms with Crippen LogP contribution in [0.2, 0.25) is 5.02 Å². The number of benzene rings is 2. The Labute approximate surface area is 150 Å². The van der Waals surface area contributed by atoms with Gasteiger partial charge in [0.1, 0.15) is 5.76 Å². The minimum atomic E-state index is -3.75. The maximum atomic E-state index is 12.4. The molecule has 0 amide bonds. The van der Waals surface area contributed by atoms with Crippen LogP contribution in [0.25, 0.3) is 11.3 Å². The van der Waals surface area contributed by atoms with Gasteiger partial charge in [-0.2, -0.15) is 0 Å². The number of hydrogen-bond donors (Lipinski definition) is 1. The Morgan fingerprint density at radius 2 is 1.80 bits per heavy atom. The normalized spacial score (nSPS) is 11.4. The number of ketones is 1. The van der Waals surface area contributed by atoms with Crippen LogP contribution in [-0.2, 0) is 10.0 Å². The number of furan rings is 1. The second kappa shape index (κ2) is 7.23. The number of halogens is 1. The molecule has 0 bridgehead atoms. The molecule has 0 radical (unpaired) electrons. The van der Waals surface area contributed by atoms with Crippen molar-refractivity contribution in [3.05, 3.63) is 77.5 Å². The van der Waals surface area contributed by atoms with Gasteiger partial charge in [0.05, 0.1) is 17.7 Å². The van der Waals surface area contributed by atoms with Crippen LogP contribution in [0.3, 0.4) is 0 Å². The Morgan fingerprint density at radius 3 is 2.48 bits per heavy atom. The van der Waals surface area contributed by atoms with Crippen LogP contribution < -0.4 is 4.72 Å². The van der Waals surface area contributed by atoms with Gasteiger partial charge in [-0.3, -0.25) is 4.79 Å². The molecule has 7 heteroatoms. The molecule has 0 saturated carbocycles. The van der Waals surface area contributed by atoms with Gasteiger partial charge >= 0.3 is 0 Å². The number of carbonyl (C=O) groups excluding carboxylic acids is 1. The van der Waals surface area contributed by atoms with E-state index in [2.05, 4.69) is 4.72 Å². The van der Waals surface area contributed by atoms with E-state index in [1.165, 1.54) is 24.5 Å². The van der Waals surface area contributed by atoms with Crippen LogP contribution in [-0.4, -0.2) is 20.7 Å². The molecule has 2 aromatic carbocycles. The molecule has 0 aliphatic heterocycles. The fourth-order valence-corrected chi connectivity index (χ4v) is 3.52. The Bertz CT molecular complexity index is 983. The Balaban J connectivity index is 1.78. The van der Waals surface area contributed by atoms with E-state index in [-0.39, 0.29) is 11.4 Å². The fraction of sp³-hybridized carbons (Fsp3) is 0.0556. The second-order valence-electron chi connectivity index (χ2n) is 5.27. The summed E-state index contributed by atoms with van der Waals surface area (Å²) in [5, 5.41) is 0.364. The highest BCUT2D eigenvalue weighted by Gasteiger charge is 2.17. The van der Waals surface area contributed by atoms with Crippen molar-refractivity contribution in [2.75, 3.05) is 6.54 Å². The predicted molar refractivity (Wildman–Crippen MR) is 95.1 cm³/mol. The van der Waals surface area contributed by atoms with E-state index in [9.17, 15) is 13.2 Å². The molecule has 3 rings (SSSR count). The lowest BCUT2D eigenvalue weighted by Gasteiger charge is -2.07. The number of hydrogen-bond acceptors (Lipinski definition) is 4. The number of carbonyl (C=O) groups is 1. The molecule has 5 nitrogen and oxygen atoms in total. The Kier molecular flexibility index (Phi) is 5.03. The third-order valence-corrected chi connectivity index (χ3v) is 5.14. The zero-order valence-corrected chi connectivity index (χ0v) is 14.5. The first-order valence-electron chi connectivity index (χ1n) is 7.38. The minimum Gasteiger partial charge on any atom is -0.464 e. The Morgan fingerprint density at radius 1 is 1.04 bits per heavy atom. The summed E-state index contributed by atoms with van der Waals surface area (Å²) in [4.78, 5) is 12.5. The summed E-state index contributed by atoms with van der Waals surface area (Å²) in [6, 6.07) is 16.1. The summed E-state index contributed by atoms with van der Waals surface area (Å²) in [6.45, 7) is -0.366. The monoisotopic (exact) mass is 375 g/mol. The zero-order valence-electron chi connectivity index (χ0n) is 13.0. The van der Waals surface area contributed by atoms with Crippen LogP contribution in [0.5, 0.6) is 0 Å². The SMILES string of the molecule is O=C(CNS(=O)(=O)c1ccccc1)c1cc(Cl)cc(-c2ccco2)c1. The summed E-state index contributed by atoms with van der Waals surface area (Å²) in [6.07, 6.45) is 1.52. The van der Waals surface area contributed by atoms with Gasteiger partial charge in [-0.05, 0) is 42.5 Å². The lowest BCUT2D eigenvalue weighted by Crippen LogP contribution is -2.29. The standard InChI is InChI=1S/C18H14ClNO4S/c19-15-10-13(9-14(11-15)18-7-4-8-24-18)17(21)12-20-25(22,23)16-5-2-1-3-6-16/h1-11,20H,12H2. The van der Waals surface area contributed by atoms with Gasteiger partial charge in [0.25, 0.3) is 0 Å². The van der Waals surface area contributed by atoms with Gasteiger partial charge in [0.2, 0.25) is 10.0 Å². The molecule has 0 atom stereocenters. The molecular formula is C18H14ClNO4S. The first kappa shape index (κ1) is 17.4. The predicted octanol–water partition coefficient (Wildman–Crippen LogP) is 3.76. The van der Waals surface area contributed by atoms with Crippen molar-refractivity contribution in [3.8, 4) is 11.3 Å². The van der Waals surface area contributed by atoms with Crippen molar-refractivity contribution in [1.29, 1.82) is 0 Å². The molecule has 0 unspecified atom stereocenters. The Hall–Kier alpha value is -2.41. The lowest BCUT2D eigenvalue weighted by atomic mass is 10.1. The van der Waals surface area contributed by atoms with Crippen LogP contribution in [0.4, 0.5) is 0 Å². The number of rotatable bonds is 6. The first-order valence-corrected chi connectivity index (χ1v) is 9.24. The molecule has 0 aliphatic carbocycles. The summed E-state index contributed by atoms with van der Waals surface area (Å²) >= 11 is 6.06. The van der Waals surface area contributed by atoms with E-state index in [1.807, 2.05) is 0 Å². The molecule has 1 N–H and O–H groups in total. The van der Waals surface area contributed by atoms with Gasteiger partial charge in [-0.15, -0.1) is 0 Å². The van der Waals surface area contributed by atoms with Crippen LogP contribution >= 0.6 is 11.6 Å². The molecule has 3 aromatic rings. The second-order valence-corrected chi connectivity index (χ2v) is 7.47. The zero-order chi connectivity index (χ0) is 17.9. The van der Waals surface area contributed by atoms with Crippen molar-refractivity contribution >= 4 is 27.4 Å². The van der Waals surface area contributed by atoms with E-state index >= 15 is 0 Å². The van der Waals surface area contributed by atoms with Crippen molar-refractivity contribution in [2.24, 2.45) is 0 Å². The van der Waals surface area contributed by atoms with E-state index in [0.29, 0.717) is 21.9 Å². The molecular weight excluding hydrogens is 362 g/mol. The largest absolute Gasteiger partial charge is 0.464 e. The number of sulfonamides is 1. The molecule has 128 valence electrons. The number of Topliss-reactive ketones (excluding diaryl/α,β-unsaturated/α-hetero) is 1. The van der Waals surface area contributed by atoms with E-state index in [0.717, 1.165) is 0 Å². The molecule has 0 saturated heterocycles. The molecule has 1 heterocycles. The quantitative estimate of drug-likeness (QED) is 0.665. The van der Waals surface area contributed by atoms with Crippen molar-refractivity contribution in [1.82, 2.24) is 4.72 Å². The molecule has 0 spiro atoms. The van der Waals surface area contributed by atoms with Gasteiger partial charge < -0.3 is 4.42 Å². The van der Waals surface area contributed by atoms with E-state index in [4.69, 9.17) is 16.0 Å². The van der Waals surface area contributed by atoms with Crippen molar-refractivity contribution in [3.63, 3.8) is 0 Å². The first-order chi connectivity index (χ1) is 12.0. The van der Waals surface area contributed by atoms with Crippen LogP contribution in [0.1, 0.15) is 10.4 Å². The maximum absolute atomic E-state index is 12.4. The summed E-state index contributed by atoms with van der Waals surface area (Å²) < 4.78 is 32.0. The van der Waals surface area contributed by atoms with E-state index < -0.39 is 15.8 Å². The molecule has 1 aromatic heterocycles. The fourth-order valence-electron chi connectivity index (χ4n) is 2.28. The highest BCUT2D eigenvalue weighted by molar-refractivity contribution is 7.89. The van der Waals surface area contributed by atoms with Gasteiger partial charge in [0.15, 0.2) is 5.78 Å².